The summed E-state index contributed by atoms with van der Waals surface area (Å²) in [7, 11) is 3.29. The van der Waals surface area contributed by atoms with E-state index in [-0.39, 0.29) is 38.1 Å². The average Bonchev–Trinajstić information content (AvgIpc) is 3.30. The largest absolute Gasteiger partial charge is 0.311 e. The number of hydrogen-bond donors (Lipinski definition) is 0. The van der Waals surface area contributed by atoms with E-state index in [0.29, 0.717) is 0 Å². The van der Waals surface area contributed by atoms with Gasteiger partial charge in [0.05, 0.1) is 0 Å². The third-order valence-corrected chi connectivity index (χ3v) is 10.4. The van der Waals surface area contributed by atoms with Crippen molar-refractivity contribution in [1.82, 2.24) is 0 Å². The van der Waals surface area contributed by atoms with Crippen LogP contribution in [0.5, 0.6) is 0 Å². The molecule has 0 fully saturated rings. The highest BCUT2D eigenvalue weighted by Gasteiger charge is 2.16. The summed E-state index contributed by atoms with van der Waals surface area (Å²) in [6.07, 6.45) is 0. The summed E-state index contributed by atoms with van der Waals surface area (Å²) < 4.78 is 23.1. The summed E-state index contributed by atoms with van der Waals surface area (Å²) in [6.45, 7) is 14.8. The van der Waals surface area contributed by atoms with Gasteiger partial charge >= 0.3 is 0 Å². The molecule has 8 rings (SSSR count). The average molecular weight is 915 g/mol. The van der Waals surface area contributed by atoms with Gasteiger partial charge in [-0.05, 0) is 158 Å². The Kier molecular flexibility index (Phi) is 25.6. The minimum Gasteiger partial charge on any atom is -0.311 e. The van der Waals surface area contributed by atoms with Crippen LogP contribution in [0.4, 0.5) is 60.1 Å². The summed E-state index contributed by atoms with van der Waals surface area (Å²) in [5.74, 6) is 0. The van der Waals surface area contributed by atoms with Crippen LogP contribution in [0.15, 0.2) is 194 Å². The zero-order valence-corrected chi connectivity index (χ0v) is 38.2. The lowest BCUT2D eigenvalue weighted by Gasteiger charge is -2.28. The fourth-order valence-corrected chi connectivity index (χ4v) is 6.95. The van der Waals surface area contributed by atoms with Crippen LogP contribution in [0.25, 0.3) is 0 Å². The molecule has 8 heteroatoms. The topological polar surface area (TPSA) is 9.72 Å². The summed E-state index contributed by atoms with van der Waals surface area (Å²) in [5.41, 5.74) is 19.2. The Morgan fingerprint density at radius 3 is 0.463 bits per heavy atom. The van der Waals surface area contributed by atoms with Gasteiger partial charge in [-0.15, -0.1) is 0 Å². The van der Waals surface area contributed by atoms with Crippen LogP contribution in [-0.4, -0.2) is 17.4 Å². The van der Waals surface area contributed by atoms with Crippen molar-refractivity contribution >= 4 is 75.9 Å². The van der Waals surface area contributed by atoms with Gasteiger partial charge in [0.25, 0.3) is 1.45 Å². The zero-order valence-electron chi connectivity index (χ0n) is 38.2. The predicted molar refractivity (Wildman–Crippen MR) is 300 cm³/mol. The number of anilines is 9. The molecule has 0 aliphatic heterocycles. The van der Waals surface area contributed by atoms with Crippen molar-refractivity contribution in [2.24, 2.45) is 0 Å². The SMILES string of the molecule is C.C.C.C.Cc1ccc(N(c2ccc(C)cc2)c2ccc(C)cc2)cc1.Cc1ccc(N(c2ccc(C)cc2)c2ccc(N(c3ccc(C)cc3)c3ccc(C)cc3)cc2)cc1.[3H]F.[B].[B]PF. The van der Waals surface area contributed by atoms with E-state index in [2.05, 4.69) is 266 Å². The van der Waals surface area contributed by atoms with Crippen LogP contribution >= 0.6 is 8.77 Å². The monoisotopic (exact) mass is 915 g/mol. The van der Waals surface area contributed by atoms with Crippen molar-refractivity contribution in [2.75, 3.05) is 14.7 Å². The molecular formula is C59H71B2F2N3P. The number of hydrogen-bond acceptors (Lipinski definition) is 3. The number of aryl methyl sites for hydroxylation is 7. The minimum absolute atomic E-state index is 0. The summed E-state index contributed by atoms with van der Waals surface area (Å²) in [4.78, 5) is 6.91. The van der Waals surface area contributed by atoms with E-state index >= 15 is 0 Å². The molecule has 1 unspecified atom stereocenters. The van der Waals surface area contributed by atoms with Gasteiger partial charge in [-0.25, -0.2) is 4.20 Å². The van der Waals surface area contributed by atoms with Crippen molar-refractivity contribution in [3.8, 4) is 0 Å². The van der Waals surface area contributed by atoms with Gasteiger partial charge in [0, 0.05) is 68.4 Å². The van der Waals surface area contributed by atoms with E-state index in [1.807, 2.05) is 0 Å². The van der Waals surface area contributed by atoms with Crippen molar-refractivity contribution < 1.29 is 8.91 Å². The smallest absolute Gasteiger partial charge is 0.269 e. The molecule has 0 aromatic heterocycles. The Balaban J connectivity index is 0.00000122. The maximum atomic E-state index is 10.1. The standard InChI is InChI=1S/C34H32N2.C21H21N.4CH4.BFHP.B.FH/c1-25-5-13-29(14-6-25)35(30-15-7-26(2)8-16-30)33-21-23-34(24-22-33)36(31-17-9-27(3)10-18-31)32-19-11-28(4)12-20-32;1-16-4-10-19(11-5-16)22(20-12-6-17(2)7-13-20)21-14-8-18(3)9-15-21;;;;;1-3-2;;/h5-24H,1-4H3;4-15H,1-3H3;4*1H4;3H;;1H/i/hT. The van der Waals surface area contributed by atoms with Crippen molar-refractivity contribution in [3.63, 3.8) is 0 Å². The summed E-state index contributed by atoms with van der Waals surface area (Å²) in [6, 6.07) is 69.7. The minimum atomic E-state index is -0.917. The van der Waals surface area contributed by atoms with Gasteiger partial charge in [0.15, 0.2) is 7.57 Å². The molecule has 3 nitrogen and oxygen atoms in total. The highest BCUT2D eigenvalue weighted by atomic mass is 31.1. The van der Waals surface area contributed by atoms with Crippen molar-refractivity contribution in [3.05, 3.63) is 233 Å². The lowest BCUT2D eigenvalue weighted by Crippen LogP contribution is -2.12. The molecule has 0 heterocycles. The maximum absolute atomic E-state index is 10.1. The summed E-state index contributed by atoms with van der Waals surface area (Å²) >= 11 is 0. The first-order chi connectivity index (χ1) is 30.5. The molecule has 0 bridgehead atoms. The fourth-order valence-electron chi connectivity index (χ4n) is 6.95. The van der Waals surface area contributed by atoms with Gasteiger partial charge in [-0.3, -0.25) is 4.72 Å². The quantitative estimate of drug-likeness (QED) is 0.106. The third kappa shape index (κ3) is 16.5. The van der Waals surface area contributed by atoms with Gasteiger partial charge in [0.2, 0.25) is 0 Å². The number of halogens is 2. The Morgan fingerprint density at radius 1 is 0.299 bits per heavy atom. The molecule has 0 saturated heterocycles. The predicted octanol–water partition coefficient (Wildman–Crippen LogP) is 18.9. The summed E-state index contributed by atoms with van der Waals surface area (Å²) in [5, 5.41) is 0. The molecule has 5 radical (unpaired) electrons. The van der Waals surface area contributed by atoms with Crippen molar-refractivity contribution in [2.45, 2.75) is 78.2 Å². The van der Waals surface area contributed by atoms with E-state index in [1.165, 1.54) is 56.0 Å². The molecule has 8 aromatic rings. The molecule has 0 amide bonds. The maximum Gasteiger partial charge on any atom is 0.269 e. The molecule has 0 aliphatic carbocycles. The van der Waals surface area contributed by atoms with E-state index in [1.54, 1.807) is 0 Å². The molecule has 0 aliphatic rings. The van der Waals surface area contributed by atoms with Crippen LogP contribution in [0.2, 0.25) is 0 Å². The Hall–Kier alpha value is -6.42. The Labute approximate surface area is 410 Å². The van der Waals surface area contributed by atoms with Crippen LogP contribution in [0.3, 0.4) is 0 Å². The van der Waals surface area contributed by atoms with Crippen LogP contribution < -0.4 is 14.7 Å². The normalized spacial score (nSPS) is 9.78. The van der Waals surface area contributed by atoms with Gasteiger partial charge in [-0.1, -0.05) is 154 Å². The van der Waals surface area contributed by atoms with E-state index in [4.69, 9.17) is 4.72 Å². The van der Waals surface area contributed by atoms with E-state index in [0.717, 1.165) is 34.1 Å². The number of rotatable bonds is 9. The second-order valence-electron chi connectivity index (χ2n) is 15.5. The first-order valence-corrected chi connectivity index (χ1v) is 21.5. The van der Waals surface area contributed by atoms with Crippen molar-refractivity contribution in [1.29, 1.82) is 1.45 Å². The first-order valence-electron chi connectivity index (χ1n) is 20.9. The third-order valence-electron chi connectivity index (χ3n) is 10.4. The Bertz CT molecular complexity index is 2250. The highest BCUT2D eigenvalue weighted by molar-refractivity contribution is 7.61. The Morgan fingerprint density at radius 2 is 0.373 bits per heavy atom. The number of benzene rings is 8. The molecule has 0 N–H and O–H groups in total. The molecule has 0 saturated carbocycles. The second-order valence-corrected chi connectivity index (χ2v) is 15.7. The van der Waals surface area contributed by atoms with Gasteiger partial charge in [0.1, 0.15) is 0 Å². The van der Waals surface area contributed by atoms with Crippen LogP contribution in [0, 0.1) is 48.5 Å². The fraction of sp³-hybridized carbons (Fsp3) is 0.186. The van der Waals surface area contributed by atoms with Crippen LogP contribution in [-0.2, 0) is 0 Å². The molecular weight excluding hydrogens is 841 g/mol. The van der Waals surface area contributed by atoms with Gasteiger partial charge in [-0.2, -0.15) is 0 Å². The van der Waals surface area contributed by atoms with Crippen LogP contribution in [0.1, 0.15) is 68.7 Å². The molecule has 8 aromatic carbocycles. The number of nitrogens with zero attached hydrogens (tertiary/aromatic N) is 3. The first kappa shape index (κ1) is 58.6. The lowest BCUT2D eigenvalue weighted by molar-refractivity contribution is 0.935. The second kappa shape index (κ2) is 29.3. The van der Waals surface area contributed by atoms with Gasteiger partial charge < -0.3 is 14.7 Å². The molecule has 1 atom stereocenters. The zero-order chi connectivity index (χ0) is 45.3. The lowest BCUT2D eigenvalue weighted by atomic mass is 10.1. The molecule has 347 valence electrons. The van der Waals surface area contributed by atoms with E-state index in [9.17, 15) is 4.20 Å². The highest BCUT2D eigenvalue weighted by Crippen LogP contribution is 2.39. The molecule has 67 heavy (non-hydrogen) atoms. The van der Waals surface area contributed by atoms with E-state index < -0.39 is 8.77 Å². The molecule has 0 spiro atoms.